The number of nitrogens with zero attached hydrogens (tertiary/aromatic N) is 1. The molecule has 1 aromatic carbocycles. The van der Waals surface area contributed by atoms with Gasteiger partial charge >= 0.3 is 12.1 Å². The summed E-state index contributed by atoms with van der Waals surface area (Å²) in [7, 11) is 1.10. The van der Waals surface area contributed by atoms with Gasteiger partial charge in [0.05, 0.1) is 42.1 Å². The van der Waals surface area contributed by atoms with Gasteiger partial charge in [-0.25, -0.2) is 4.79 Å². The van der Waals surface area contributed by atoms with Crippen LogP contribution in [0.3, 0.4) is 0 Å². The number of benzene rings is 1. The van der Waals surface area contributed by atoms with Crippen LogP contribution < -0.4 is 5.32 Å². The molecule has 0 saturated carbocycles. The van der Waals surface area contributed by atoms with E-state index in [9.17, 15) is 22.8 Å². The molecule has 0 fully saturated rings. The van der Waals surface area contributed by atoms with Crippen LogP contribution >= 0.6 is 23.2 Å². The molecule has 0 bridgehead atoms. The number of alkyl halides is 3. The quantitative estimate of drug-likeness (QED) is 0.726. The van der Waals surface area contributed by atoms with E-state index in [1.165, 1.54) is 0 Å². The molecule has 0 aromatic heterocycles. The largest absolute Gasteiger partial charge is 0.466 e. The molecular weight excluding hydrogens is 400 g/mol. The lowest BCUT2D eigenvalue weighted by atomic mass is 10.1. The molecule has 0 atom stereocenters. The summed E-state index contributed by atoms with van der Waals surface area (Å²) < 4.78 is 43.8. The molecule has 2 rings (SSSR count). The van der Waals surface area contributed by atoms with Gasteiger partial charge < -0.3 is 20.1 Å². The number of hydrogen-bond donors (Lipinski definition) is 2. The van der Waals surface area contributed by atoms with Gasteiger partial charge in [0.15, 0.2) is 0 Å². The number of esters is 1. The number of carbonyl (C=O) groups excluding carboxylic acids is 2. The Hall–Kier alpha value is -1.97. The van der Waals surface area contributed by atoms with Crippen molar-refractivity contribution in [2.24, 2.45) is 0 Å². The van der Waals surface area contributed by atoms with Crippen LogP contribution in [0.1, 0.15) is 5.56 Å². The second-order valence-electron chi connectivity index (χ2n) is 5.23. The first-order chi connectivity index (χ1) is 12.1. The predicted molar refractivity (Wildman–Crippen MR) is 87.8 cm³/mol. The fraction of sp³-hybridized carbons (Fsp3) is 0.333. The number of rotatable bonds is 5. The zero-order valence-corrected chi connectivity index (χ0v) is 14.8. The zero-order valence-electron chi connectivity index (χ0n) is 13.3. The number of β-amino-alcohol motifs (C(OH)–C–C–N with tert-alkyl or cyclic N) is 1. The lowest BCUT2D eigenvalue weighted by Gasteiger charge is -2.17. The predicted octanol–water partition coefficient (Wildman–Crippen LogP) is 2.69. The van der Waals surface area contributed by atoms with Crippen molar-refractivity contribution in [3.63, 3.8) is 0 Å². The highest BCUT2D eigenvalue weighted by atomic mass is 35.5. The summed E-state index contributed by atoms with van der Waals surface area (Å²) in [6.07, 6.45) is -4.76. The van der Waals surface area contributed by atoms with Gasteiger partial charge in [0, 0.05) is 11.6 Å². The standard InChI is InChI=1S/C15H13Cl2F3N2O4/c1-26-14(25)8-6-22(2-3-23)13(24)12(8)21-10-5-7(16)4-9(11(10)17)15(18,19)20/h4-5,21,23H,2-3,6H2,1H3. The van der Waals surface area contributed by atoms with E-state index in [4.69, 9.17) is 28.3 Å². The van der Waals surface area contributed by atoms with E-state index in [1.54, 1.807) is 0 Å². The van der Waals surface area contributed by atoms with Gasteiger partial charge in [0.1, 0.15) is 5.70 Å². The molecule has 0 unspecified atom stereocenters. The molecule has 1 amide bonds. The van der Waals surface area contributed by atoms with Crippen LogP contribution in [0.5, 0.6) is 0 Å². The van der Waals surface area contributed by atoms with Crippen molar-refractivity contribution in [2.45, 2.75) is 6.18 Å². The van der Waals surface area contributed by atoms with Crippen molar-refractivity contribution in [1.82, 2.24) is 4.90 Å². The highest BCUT2D eigenvalue weighted by Gasteiger charge is 2.37. The summed E-state index contributed by atoms with van der Waals surface area (Å²) in [6, 6.07) is 1.75. The van der Waals surface area contributed by atoms with Crippen molar-refractivity contribution in [3.05, 3.63) is 39.0 Å². The Morgan fingerprint density at radius 2 is 2.04 bits per heavy atom. The molecule has 1 aliphatic rings. The monoisotopic (exact) mass is 412 g/mol. The average molecular weight is 413 g/mol. The van der Waals surface area contributed by atoms with Gasteiger partial charge in [-0.2, -0.15) is 13.2 Å². The Kier molecular flexibility index (Phi) is 6.05. The molecule has 11 heteroatoms. The maximum atomic E-state index is 13.1. The van der Waals surface area contributed by atoms with Crippen molar-refractivity contribution in [3.8, 4) is 0 Å². The summed E-state index contributed by atoms with van der Waals surface area (Å²) in [4.78, 5) is 25.4. The van der Waals surface area contributed by atoms with Gasteiger partial charge in [-0.15, -0.1) is 0 Å². The number of carbonyl (C=O) groups is 2. The molecule has 142 valence electrons. The van der Waals surface area contributed by atoms with Crippen LogP contribution in [0.15, 0.2) is 23.4 Å². The molecule has 0 spiro atoms. The highest BCUT2D eigenvalue weighted by Crippen LogP contribution is 2.41. The second-order valence-corrected chi connectivity index (χ2v) is 6.05. The van der Waals surface area contributed by atoms with Gasteiger partial charge in [-0.1, -0.05) is 23.2 Å². The normalized spacial score (nSPS) is 14.9. The smallest absolute Gasteiger partial charge is 0.417 e. The molecule has 1 aromatic rings. The molecule has 0 radical (unpaired) electrons. The summed E-state index contributed by atoms with van der Waals surface area (Å²) in [5.41, 5.74) is -1.87. The Balaban J connectivity index is 2.49. The first-order valence-corrected chi connectivity index (χ1v) is 7.90. The van der Waals surface area contributed by atoms with E-state index in [0.29, 0.717) is 6.07 Å². The summed E-state index contributed by atoms with van der Waals surface area (Å²) in [5, 5.41) is 10.5. The molecule has 0 aliphatic carbocycles. The molecule has 2 N–H and O–H groups in total. The number of ether oxygens (including phenoxy) is 1. The van der Waals surface area contributed by atoms with Gasteiger partial charge in [0.25, 0.3) is 5.91 Å². The third-order valence-electron chi connectivity index (χ3n) is 3.56. The average Bonchev–Trinajstić information content (AvgIpc) is 2.86. The Bertz CT molecular complexity index is 781. The minimum Gasteiger partial charge on any atom is -0.466 e. The van der Waals surface area contributed by atoms with Crippen LogP contribution in [0.25, 0.3) is 0 Å². The molecule has 0 saturated heterocycles. The van der Waals surface area contributed by atoms with Gasteiger partial charge in [-0.05, 0) is 12.1 Å². The third kappa shape index (κ3) is 4.05. The minimum atomic E-state index is -4.76. The second kappa shape index (κ2) is 7.73. The highest BCUT2D eigenvalue weighted by molar-refractivity contribution is 6.36. The van der Waals surface area contributed by atoms with Crippen LogP contribution in [0.4, 0.5) is 18.9 Å². The molecule has 1 heterocycles. The Labute approximate surface area is 156 Å². The van der Waals surface area contributed by atoms with Crippen LogP contribution in [0.2, 0.25) is 10.0 Å². The maximum Gasteiger partial charge on any atom is 0.417 e. The molecular formula is C15H13Cl2F3N2O4. The van der Waals surface area contributed by atoms with E-state index < -0.39 is 28.6 Å². The number of aliphatic hydroxyl groups excluding tert-OH is 1. The SMILES string of the molecule is COC(=O)C1=C(Nc2cc(Cl)cc(C(F)(F)F)c2Cl)C(=O)N(CCO)C1. The van der Waals surface area contributed by atoms with Crippen molar-refractivity contribution in [1.29, 1.82) is 0 Å². The first kappa shape index (κ1) is 20.3. The van der Waals surface area contributed by atoms with Crippen LogP contribution in [-0.2, 0) is 20.5 Å². The summed E-state index contributed by atoms with van der Waals surface area (Å²) in [6.45, 7) is -0.593. The number of aliphatic hydroxyl groups is 1. The van der Waals surface area contributed by atoms with E-state index >= 15 is 0 Å². The molecule has 1 aliphatic heterocycles. The van der Waals surface area contributed by atoms with E-state index in [1.807, 2.05) is 0 Å². The first-order valence-electron chi connectivity index (χ1n) is 7.15. The molecule has 26 heavy (non-hydrogen) atoms. The summed E-state index contributed by atoms with van der Waals surface area (Å²) >= 11 is 11.5. The van der Waals surface area contributed by atoms with Crippen LogP contribution in [-0.4, -0.2) is 48.7 Å². The number of amides is 1. The molecule has 6 nitrogen and oxygen atoms in total. The van der Waals surface area contributed by atoms with Crippen molar-refractivity contribution >= 4 is 40.8 Å². The van der Waals surface area contributed by atoms with Crippen molar-refractivity contribution < 1.29 is 32.6 Å². The van der Waals surface area contributed by atoms with Gasteiger partial charge in [-0.3, -0.25) is 4.79 Å². The lowest BCUT2D eigenvalue weighted by Crippen LogP contribution is -2.31. The number of methoxy groups -OCH3 is 1. The van der Waals surface area contributed by atoms with Gasteiger partial charge in [0.2, 0.25) is 0 Å². The minimum absolute atomic E-state index is 0.0679. The topological polar surface area (TPSA) is 78.9 Å². The fourth-order valence-corrected chi connectivity index (χ4v) is 2.85. The Morgan fingerprint density at radius 3 is 2.58 bits per heavy atom. The zero-order chi connectivity index (χ0) is 19.6. The third-order valence-corrected chi connectivity index (χ3v) is 4.18. The number of hydrogen-bond acceptors (Lipinski definition) is 5. The number of halogens is 5. The van der Waals surface area contributed by atoms with E-state index in [-0.39, 0.29) is 41.7 Å². The lowest BCUT2D eigenvalue weighted by molar-refractivity contribution is -0.137. The Morgan fingerprint density at radius 1 is 1.38 bits per heavy atom. The summed E-state index contributed by atoms with van der Waals surface area (Å²) in [5.74, 6) is -1.53. The van der Waals surface area contributed by atoms with E-state index in [2.05, 4.69) is 10.1 Å². The van der Waals surface area contributed by atoms with Crippen LogP contribution in [0, 0.1) is 0 Å². The maximum absolute atomic E-state index is 13.1. The van der Waals surface area contributed by atoms with Crippen molar-refractivity contribution in [2.75, 3.05) is 32.1 Å². The fourth-order valence-electron chi connectivity index (χ4n) is 2.37. The van der Waals surface area contributed by atoms with E-state index in [0.717, 1.165) is 18.1 Å². The number of anilines is 1. The number of nitrogens with one attached hydrogen (secondary N) is 1.